The molecule has 172 valence electrons. The molecule has 1 aliphatic heterocycles. The average Bonchev–Trinajstić information content (AvgIpc) is 3.38. The lowest BCUT2D eigenvalue weighted by molar-refractivity contribution is -0.128. The van der Waals surface area contributed by atoms with Crippen molar-refractivity contribution in [3.05, 3.63) is 48.5 Å². The van der Waals surface area contributed by atoms with Crippen LogP contribution >= 0.6 is 0 Å². The number of hydrogen-bond acceptors (Lipinski definition) is 6. The third kappa shape index (κ3) is 6.35. The highest BCUT2D eigenvalue weighted by molar-refractivity contribution is 5.78. The van der Waals surface area contributed by atoms with E-state index in [1.165, 1.54) is 18.0 Å². The minimum absolute atomic E-state index is 0.0221. The second-order valence-corrected chi connectivity index (χ2v) is 7.46. The predicted octanol–water partition coefficient (Wildman–Crippen LogP) is 3.79. The lowest BCUT2D eigenvalue weighted by Gasteiger charge is -2.21. The number of likely N-dealkylation sites (tertiary alicyclic amines) is 1. The van der Waals surface area contributed by atoms with E-state index in [9.17, 15) is 13.6 Å². The van der Waals surface area contributed by atoms with Gasteiger partial charge in [0.2, 0.25) is 5.91 Å². The van der Waals surface area contributed by atoms with E-state index in [2.05, 4.69) is 38.1 Å². The lowest BCUT2D eigenvalue weighted by atomic mass is 10.2. The first-order valence-electron chi connectivity index (χ1n) is 10.7. The van der Waals surface area contributed by atoms with Gasteiger partial charge in [-0.2, -0.15) is 13.9 Å². The number of nitrogens with one attached hydrogen (secondary N) is 1. The number of ether oxygens (including phenoxy) is 1. The van der Waals surface area contributed by atoms with E-state index in [-0.39, 0.29) is 17.7 Å². The summed E-state index contributed by atoms with van der Waals surface area (Å²) in [5.74, 6) is 0.757. The Hall–Kier alpha value is -3.30. The van der Waals surface area contributed by atoms with E-state index in [4.69, 9.17) is 0 Å². The number of amides is 1. The molecule has 1 amide bonds. The maximum absolute atomic E-state index is 12.0. The summed E-state index contributed by atoms with van der Waals surface area (Å²) in [7, 11) is 0. The average molecular weight is 447 g/mol. The molecule has 0 aromatic carbocycles. The third-order valence-corrected chi connectivity index (χ3v) is 5.13. The molecule has 32 heavy (non-hydrogen) atoms. The fourth-order valence-corrected chi connectivity index (χ4v) is 3.53. The van der Waals surface area contributed by atoms with Crippen LogP contribution in [0, 0.1) is 0 Å². The van der Waals surface area contributed by atoms with Crippen LogP contribution in [0.25, 0.3) is 5.65 Å². The Balaban J connectivity index is 0.000000204. The molecule has 1 saturated heterocycles. The number of alkyl halides is 2. The monoisotopic (exact) mass is 446 g/mol. The molecule has 3 aromatic heterocycles. The van der Waals surface area contributed by atoms with Gasteiger partial charge in [0, 0.05) is 31.2 Å². The van der Waals surface area contributed by atoms with E-state index in [1.54, 1.807) is 12.4 Å². The minimum atomic E-state index is -2.85. The van der Waals surface area contributed by atoms with Gasteiger partial charge in [0.15, 0.2) is 5.65 Å². The zero-order valence-electron chi connectivity index (χ0n) is 18.2. The summed E-state index contributed by atoms with van der Waals surface area (Å²) in [6.07, 6.45) is 6.53. The highest BCUT2D eigenvalue weighted by atomic mass is 19.3. The first-order valence-corrected chi connectivity index (χ1v) is 10.7. The van der Waals surface area contributed by atoms with Gasteiger partial charge in [0.25, 0.3) is 0 Å². The quantitative estimate of drug-likeness (QED) is 0.567. The van der Waals surface area contributed by atoms with Crippen LogP contribution in [-0.2, 0) is 11.2 Å². The SMILES string of the molecule is CCCc1cccc2ncnn12.C[C@@H]1CCC(=O)N1CCNc1ccc(OC(F)F)cn1. The molecule has 1 N–H and O–H groups in total. The Kier molecular flexibility index (Phi) is 8.29. The fourth-order valence-electron chi connectivity index (χ4n) is 3.53. The normalized spacial score (nSPS) is 15.7. The zero-order valence-corrected chi connectivity index (χ0v) is 18.2. The Morgan fingerprint density at radius 1 is 1.25 bits per heavy atom. The highest BCUT2D eigenvalue weighted by Gasteiger charge is 2.26. The number of fused-ring (bicyclic) bond motifs is 1. The number of anilines is 1. The number of halogens is 2. The Labute approximate surface area is 185 Å². The smallest absolute Gasteiger partial charge is 0.387 e. The van der Waals surface area contributed by atoms with Crippen molar-refractivity contribution in [2.24, 2.45) is 0 Å². The van der Waals surface area contributed by atoms with Gasteiger partial charge in [-0.15, -0.1) is 0 Å². The van der Waals surface area contributed by atoms with Gasteiger partial charge in [0.05, 0.1) is 6.20 Å². The number of carbonyl (C=O) groups is 1. The van der Waals surface area contributed by atoms with Crippen LogP contribution in [-0.4, -0.2) is 56.1 Å². The van der Waals surface area contributed by atoms with Crippen LogP contribution in [0.4, 0.5) is 14.6 Å². The molecule has 0 aliphatic carbocycles. The van der Waals surface area contributed by atoms with Crippen molar-refractivity contribution in [1.29, 1.82) is 0 Å². The maximum Gasteiger partial charge on any atom is 0.387 e. The van der Waals surface area contributed by atoms with E-state index in [0.29, 0.717) is 25.3 Å². The predicted molar refractivity (Wildman–Crippen MR) is 117 cm³/mol. The van der Waals surface area contributed by atoms with Crippen LogP contribution in [0.3, 0.4) is 0 Å². The number of hydrogen-bond donors (Lipinski definition) is 1. The van der Waals surface area contributed by atoms with E-state index < -0.39 is 6.61 Å². The molecule has 8 nitrogen and oxygen atoms in total. The van der Waals surface area contributed by atoms with Crippen molar-refractivity contribution >= 4 is 17.4 Å². The van der Waals surface area contributed by atoms with Gasteiger partial charge in [0.1, 0.15) is 17.9 Å². The van der Waals surface area contributed by atoms with Crippen LogP contribution in [0.2, 0.25) is 0 Å². The Morgan fingerprint density at radius 2 is 2.09 bits per heavy atom. The zero-order chi connectivity index (χ0) is 22.9. The van der Waals surface area contributed by atoms with Crippen LogP contribution in [0.1, 0.15) is 38.8 Å². The summed E-state index contributed by atoms with van der Waals surface area (Å²) < 4.78 is 30.0. The second-order valence-electron chi connectivity index (χ2n) is 7.46. The number of carbonyl (C=O) groups excluding carboxylic acids is 1. The largest absolute Gasteiger partial charge is 0.433 e. The van der Waals surface area contributed by atoms with E-state index in [1.807, 2.05) is 28.5 Å². The molecule has 10 heteroatoms. The van der Waals surface area contributed by atoms with Gasteiger partial charge in [-0.3, -0.25) is 4.79 Å². The van der Waals surface area contributed by atoms with Gasteiger partial charge >= 0.3 is 6.61 Å². The van der Waals surface area contributed by atoms with Gasteiger partial charge < -0.3 is 15.0 Å². The molecule has 0 bridgehead atoms. The summed E-state index contributed by atoms with van der Waals surface area (Å²) in [5.41, 5.74) is 2.16. The first-order chi connectivity index (χ1) is 15.5. The van der Waals surface area contributed by atoms with Crippen molar-refractivity contribution in [3.8, 4) is 5.75 Å². The Morgan fingerprint density at radius 3 is 2.75 bits per heavy atom. The molecule has 0 saturated carbocycles. The highest BCUT2D eigenvalue weighted by Crippen LogP contribution is 2.18. The van der Waals surface area contributed by atoms with Crippen molar-refractivity contribution < 1.29 is 18.3 Å². The molecule has 0 unspecified atom stereocenters. The molecule has 0 radical (unpaired) electrons. The summed E-state index contributed by atoms with van der Waals surface area (Å²) >= 11 is 0. The molecule has 1 aliphatic rings. The van der Waals surface area contributed by atoms with Crippen LogP contribution in [0.5, 0.6) is 5.75 Å². The van der Waals surface area contributed by atoms with Gasteiger partial charge in [-0.25, -0.2) is 14.5 Å². The standard InChI is InChI=1S/C13H17F2N3O2.C9H11N3/c1-9-2-5-12(19)18(9)7-6-16-11-4-3-10(8-17-11)20-13(14)15;1-2-4-8-5-3-6-9-10-7-11-12(8)9/h3-4,8-9,13H,2,5-7H2,1H3,(H,16,17);3,5-7H,2,4H2,1H3/t9-;/m1./s1. The molecular formula is C22H28F2N6O2. The molecular weight excluding hydrogens is 418 g/mol. The molecule has 4 rings (SSSR count). The Bertz CT molecular complexity index is 996. The summed E-state index contributed by atoms with van der Waals surface area (Å²) in [4.78, 5) is 21.5. The number of rotatable bonds is 8. The van der Waals surface area contributed by atoms with Gasteiger partial charge in [-0.05, 0) is 44.0 Å². The molecule has 1 fully saturated rings. The number of pyridine rings is 2. The van der Waals surface area contributed by atoms with Crippen LogP contribution in [0.15, 0.2) is 42.9 Å². The number of aryl methyl sites for hydroxylation is 1. The van der Waals surface area contributed by atoms with Crippen molar-refractivity contribution in [2.75, 3.05) is 18.4 Å². The van der Waals surface area contributed by atoms with Gasteiger partial charge in [-0.1, -0.05) is 19.4 Å². The van der Waals surface area contributed by atoms with Crippen molar-refractivity contribution in [2.45, 2.75) is 52.2 Å². The third-order valence-electron chi connectivity index (χ3n) is 5.13. The first kappa shape index (κ1) is 23.4. The van der Waals surface area contributed by atoms with Crippen molar-refractivity contribution in [3.63, 3.8) is 0 Å². The lowest BCUT2D eigenvalue weighted by Crippen LogP contribution is -2.35. The van der Waals surface area contributed by atoms with E-state index >= 15 is 0 Å². The van der Waals surface area contributed by atoms with Crippen molar-refractivity contribution in [1.82, 2.24) is 24.5 Å². The molecule has 1 atom stereocenters. The van der Waals surface area contributed by atoms with Crippen LogP contribution < -0.4 is 10.1 Å². The second kappa shape index (κ2) is 11.4. The fraction of sp³-hybridized carbons (Fsp3) is 0.455. The molecule has 3 aromatic rings. The summed E-state index contributed by atoms with van der Waals surface area (Å²) in [6.45, 7) is 2.52. The topological polar surface area (TPSA) is 84.7 Å². The molecule has 0 spiro atoms. The summed E-state index contributed by atoms with van der Waals surface area (Å²) in [6, 6.07) is 9.34. The van der Waals surface area contributed by atoms with E-state index in [0.717, 1.165) is 24.9 Å². The number of nitrogens with zero attached hydrogens (tertiary/aromatic N) is 5. The minimum Gasteiger partial charge on any atom is -0.433 e. The summed E-state index contributed by atoms with van der Waals surface area (Å²) in [5, 5.41) is 7.19. The molecule has 4 heterocycles. The maximum atomic E-state index is 12.0. The number of aromatic nitrogens is 4.